The number of morpholine rings is 1. The lowest BCUT2D eigenvalue weighted by Gasteiger charge is -2.38. The molecule has 0 aromatic carbocycles. The number of nitrogens with zero attached hydrogens (tertiary/aromatic N) is 2. The van der Waals surface area contributed by atoms with Crippen LogP contribution in [0.2, 0.25) is 0 Å². The van der Waals surface area contributed by atoms with E-state index in [1.165, 1.54) is 4.31 Å². The van der Waals surface area contributed by atoms with E-state index in [9.17, 15) is 18.0 Å². The molecule has 2 aliphatic heterocycles. The number of sulfonamides is 1. The number of aromatic amines is 2. The fourth-order valence-corrected chi connectivity index (χ4v) is 4.95. The molecule has 2 aliphatic rings. The second-order valence-electron chi connectivity index (χ2n) is 6.11. The van der Waals surface area contributed by atoms with Gasteiger partial charge in [0.05, 0.1) is 13.2 Å². The molecule has 0 amide bonds. The van der Waals surface area contributed by atoms with E-state index in [2.05, 4.69) is 9.88 Å². The summed E-state index contributed by atoms with van der Waals surface area (Å²) in [6, 6.07) is -0.173. The van der Waals surface area contributed by atoms with Crippen LogP contribution in [0.4, 0.5) is 0 Å². The first-order chi connectivity index (χ1) is 11.5. The van der Waals surface area contributed by atoms with Crippen molar-refractivity contribution in [3.05, 3.63) is 27.0 Å². The number of nitrogens with one attached hydrogen (secondary N) is 2. The lowest BCUT2D eigenvalue weighted by Crippen LogP contribution is -2.52. The van der Waals surface area contributed by atoms with Crippen molar-refractivity contribution < 1.29 is 13.2 Å². The van der Waals surface area contributed by atoms with Crippen molar-refractivity contribution in [2.75, 3.05) is 39.4 Å². The number of H-pyrrole nitrogens is 2. The van der Waals surface area contributed by atoms with Crippen LogP contribution in [-0.2, 0) is 14.8 Å². The third kappa shape index (κ3) is 3.61. The van der Waals surface area contributed by atoms with Crippen molar-refractivity contribution >= 4 is 10.0 Å². The Bertz CT molecular complexity index is 781. The molecule has 24 heavy (non-hydrogen) atoms. The van der Waals surface area contributed by atoms with Gasteiger partial charge in [0.15, 0.2) is 4.90 Å². The molecule has 1 unspecified atom stereocenters. The maximum absolute atomic E-state index is 12.9. The number of hydrogen-bond acceptors (Lipinski definition) is 6. The molecule has 2 fully saturated rings. The number of rotatable bonds is 4. The molecule has 0 radical (unpaired) electrons. The smallest absolute Gasteiger partial charge is 0.325 e. The Balaban J connectivity index is 1.85. The summed E-state index contributed by atoms with van der Waals surface area (Å²) in [5.41, 5.74) is -1.60. The Kier molecular flexibility index (Phi) is 5.18. The van der Waals surface area contributed by atoms with E-state index in [4.69, 9.17) is 4.74 Å². The second kappa shape index (κ2) is 7.18. The van der Waals surface area contributed by atoms with E-state index < -0.39 is 26.2 Å². The van der Waals surface area contributed by atoms with E-state index in [1.54, 1.807) is 0 Å². The number of aromatic nitrogens is 2. The molecule has 0 aliphatic carbocycles. The first-order valence-corrected chi connectivity index (χ1v) is 9.56. The quantitative estimate of drug-likeness (QED) is 0.709. The second-order valence-corrected chi connectivity index (χ2v) is 7.97. The van der Waals surface area contributed by atoms with Gasteiger partial charge in [-0.2, -0.15) is 4.31 Å². The molecule has 10 heteroatoms. The minimum Gasteiger partial charge on any atom is -0.379 e. The molecule has 1 atom stereocenters. The molecule has 1 aromatic rings. The summed E-state index contributed by atoms with van der Waals surface area (Å²) < 4.78 is 32.6. The van der Waals surface area contributed by atoms with Crippen LogP contribution in [-0.4, -0.2) is 73.0 Å². The first-order valence-electron chi connectivity index (χ1n) is 8.12. The zero-order valence-electron chi connectivity index (χ0n) is 13.4. The van der Waals surface area contributed by atoms with Gasteiger partial charge in [0.25, 0.3) is 5.56 Å². The highest BCUT2D eigenvalue weighted by Gasteiger charge is 2.36. The Morgan fingerprint density at radius 1 is 1.17 bits per heavy atom. The van der Waals surface area contributed by atoms with Gasteiger partial charge in [0.1, 0.15) is 0 Å². The van der Waals surface area contributed by atoms with Gasteiger partial charge in [0, 0.05) is 38.4 Å². The van der Waals surface area contributed by atoms with E-state index in [0.717, 1.165) is 38.5 Å². The first kappa shape index (κ1) is 17.3. The maximum atomic E-state index is 12.9. The van der Waals surface area contributed by atoms with Crippen LogP contribution in [0.3, 0.4) is 0 Å². The average Bonchev–Trinajstić information content (AvgIpc) is 2.56. The van der Waals surface area contributed by atoms with Crippen LogP contribution in [0.1, 0.15) is 19.3 Å². The van der Waals surface area contributed by atoms with Gasteiger partial charge in [-0.1, -0.05) is 6.42 Å². The zero-order chi connectivity index (χ0) is 17.2. The number of ether oxygens (including phenoxy) is 1. The van der Waals surface area contributed by atoms with Crippen molar-refractivity contribution in [2.24, 2.45) is 0 Å². The summed E-state index contributed by atoms with van der Waals surface area (Å²) >= 11 is 0. The van der Waals surface area contributed by atoms with Crippen LogP contribution >= 0.6 is 0 Å². The molecule has 134 valence electrons. The highest BCUT2D eigenvalue weighted by atomic mass is 32.2. The van der Waals surface area contributed by atoms with E-state index >= 15 is 0 Å². The zero-order valence-corrected chi connectivity index (χ0v) is 14.2. The van der Waals surface area contributed by atoms with E-state index in [-0.39, 0.29) is 6.04 Å². The summed E-state index contributed by atoms with van der Waals surface area (Å²) in [7, 11) is -3.95. The molecule has 9 nitrogen and oxygen atoms in total. The predicted molar refractivity (Wildman–Crippen MR) is 86.5 cm³/mol. The topological polar surface area (TPSA) is 116 Å². The van der Waals surface area contributed by atoms with Gasteiger partial charge in [-0.15, -0.1) is 0 Å². The molecule has 0 spiro atoms. The standard InChI is InChI=1S/C14H22N4O5S/c19-13-12(9-15-14(20)16-13)24(21,22)18-4-2-1-3-11(18)10-17-5-7-23-8-6-17/h9,11H,1-8,10H2,(H2,15,16,19,20). The normalized spacial score (nSPS) is 24.1. The van der Waals surface area contributed by atoms with Crippen molar-refractivity contribution in [1.82, 2.24) is 19.2 Å². The molecule has 1 aromatic heterocycles. The minimum absolute atomic E-state index is 0.173. The van der Waals surface area contributed by atoms with Gasteiger partial charge in [-0.05, 0) is 12.8 Å². The molecular weight excluding hydrogens is 336 g/mol. The monoisotopic (exact) mass is 358 g/mol. The fourth-order valence-electron chi connectivity index (χ4n) is 3.27. The van der Waals surface area contributed by atoms with E-state index in [0.29, 0.717) is 26.3 Å². The van der Waals surface area contributed by atoms with Gasteiger partial charge in [0.2, 0.25) is 10.0 Å². The molecule has 2 saturated heterocycles. The summed E-state index contributed by atoms with van der Waals surface area (Å²) in [5.74, 6) is 0. The Morgan fingerprint density at radius 3 is 2.62 bits per heavy atom. The highest BCUT2D eigenvalue weighted by Crippen LogP contribution is 2.24. The lowest BCUT2D eigenvalue weighted by atomic mass is 10.0. The van der Waals surface area contributed by atoms with E-state index in [1.807, 2.05) is 4.98 Å². The van der Waals surface area contributed by atoms with Crippen LogP contribution in [0.25, 0.3) is 0 Å². The van der Waals surface area contributed by atoms with Crippen molar-refractivity contribution in [1.29, 1.82) is 0 Å². The van der Waals surface area contributed by atoms with Gasteiger partial charge in [-0.3, -0.25) is 14.7 Å². The van der Waals surface area contributed by atoms with Crippen molar-refractivity contribution in [3.63, 3.8) is 0 Å². The predicted octanol–water partition coefficient (Wildman–Crippen LogP) is -1.06. The lowest BCUT2D eigenvalue weighted by molar-refractivity contribution is 0.0262. The SMILES string of the molecule is O=c1[nH]cc(S(=O)(=O)N2CCCCC2CN2CCOCC2)c(=O)[nH]1. The molecule has 0 bridgehead atoms. The third-order valence-electron chi connectivity index (χ3n) is 4.52. The largest absolute Gasteiger partial charge is 0.379 e. The van der Waals surface area contributed by atoms with Crippen LogP contribution in [0, 0.1) is 0 Å². The Morgan fingerprint density at radius 2 is 1.92 bits per heavy atom. The minimum atomic E-state index is -3.95. The molecular formula is C14H22N4O5S. The summed E-state index contributed by atoms with van der Waals surface area (Å²) in [4.78, 5) is 29.1. The molecule has 3 rings (SSSR count). The highest BCUT2D eigenvalue weighted by molar-refractivity contribution is 7.89. The maximum Gasteiger partial charge on any atom is 0.325 e. The molecule has 0 saturated carbocycles. The van der Waals surface area contributed by atoms with Crippen LogP contribution in [0.15, 0.2) is 20.7 Å². The van der Waals surface area contributed by atoms with Gasteiger partial charge in [-0.25, -0.2) is 13.2 Å². The van der Waals surface area contributed by atoms with Gasteiger partial charge < -0.3 is 9.72 Å². The van der Waals surface area contributed by atoms with Crippen molar-refractivity contribution in [2.45, 2.75) is 30.2 Å². The molecule has 3 heterocycles. The Labute approximate surface area is 139 Å². The van der Waals surface area contributed by atoms with Crippen LogP contribution < -0.4 is 11.2 Å². The summed E-state index contributed by atoms with van der Waals surface area (Å²) in [5, 5.41) is 0. The average molecular weight is 358 g/mol. The van der Waals surface area contributed by atoms with Crippen LogP contribution in [0.5, 0.6) is 0 Å². The Hall–Kier alpha value is -1.49. The van der Waals surface area contributed by atoms with Crippen molar-refractivity contribution in [3.8, 4) is 0 Å². The number of piperidine rings is 1. The molecule has 2 N–H and O–H groups in total. The summed E-state index contributed by atoms with van der Waals surface area (Å²) in [6.45, 7) is 3.88. The number of hydrogen-bond donors (Lipinski definition) is 2. The third-order valence-corrected chi connectivity index (χ3v) is 6.47. The van der Waals surface area contributed by atoms with Gasteiger partial charge >= 0.3 is 5.69 Å². The summed E-state index contributed by atoms with van der Waals surface area (Å²) in [6.07, 6.45) is 3.47. The fraction of sp³-hybridized carbons (Fsp3) is 0.714.